The molecule has 2 atom stereocenters. The normalized spacial score (nSPS) is 21.3. The number of likely N-dealkylation sites (N-methyl/N-ethyl adjacent to an activating group) is 1. The first kappa shape index (κ1) is 13.9. The number of nitrogens with one attached hydrogen (secondary N) is 2. The Balaban J connectivity index is 0.000000265. The van der Waals surface area contributed by atoms with Crippen LogP contribution in [0.3, 0.4) is 0 Å². The molecule has 1 saturated heterocycles. The predicted octanol–water partition coefficient (Wildman–Crippen LogP) is -0.498. The maximum absolute atomic E-state index is 10.1. The molecule has 0 aromatic carbocycles. The summed E-state index contributed by atoms with van der Waals surface area (Å²) in [7, 11) is 1.61. The first-order valence-corrected chi connectivity index (χ1v) is 4.85. The van der Waals surface area contributed by atoms with Crippen LogP contribution in [-0.4, -0.2) is 47.8 Å². The van der Waals surface area contributed by atoms with Gasteiger partial charge in [0.15, 0.2) is 0 Å². The lowest BCUT2D eigenvalue weighted by Crippen LogP contribution is -2.29. The molecule has 1 aliphatic rings. The van der Waals surface area contributed by atoms with Gasteiger partial charge in [0.05, 0.1) is 0 Å². The highest BCUT2D eigenvalue weighted by molar-refractivity contribution is 5.73. The molecule has 4 N–H and O–H groups in total. The molecule has 0 spiro atoms. The van der Waals surface area contributed by atoms with Crippen molar-refractivity contribution in [3.05, 3.63) is 0 Å². The molecule has 88 valence electrons. The van der Waals surface area contributed by atoms with E-state index in [9.17, 15) is 9.59 Å². The molecule has 0 amide bonds. The Labute approximate surface area is 88.7 Å². The van der Waals surface area contributed by atoms with E-state index < -0.39 is 18.0 Å². The van der Waals surface area contributed by atoms with Crippen molar-refractivity contribution in [2.45, 2.75) is 31.8 Å². The molecule has 6 heteroatoms. The number of rotatable bonds is 3. The molecule has 15 heavy (non-hydrogen) atoms. The van der Waals surface area contributed by atoms with Crippen molar-refractivity contribution in [3.63, 3.8) is 0 Å². The maximum atomic E-state index is 10.1. The van der Waals surface area contributed by atoms with Gasteiger partial charge >= 0.3 is 11.9 Å². The average molecular weight is 218 g/mol. The van der Waals surface area contributed by atoms with Crippen LogP contribution in [0.1, 0.15) is 19.8 Å². The molecular weight excluding hydrogens is 200 g/mol. The molecule has 0 aromatic heterocycles. The molecule has 0 bridgehead atoms. The molecule has 6 nitrogen and oxygen atoms in total. The third kappa shape index (κ3) is 6.03. The predicted molar refractivity (Wildman–Crippen MR) is 54.8 cm³/mol. The molecule has 1 heterocycles. The van der Waals surface area contributed by atoms with Crippen molar-refractivity contribution in [2.24, 2.45) is 0 Å². The third-order valence-electron chi connectivity index (χ3n) is 2.16. The van der Waals surface area contributed by atoms with E-state index in [1.165, 1.54) is 0 Å². The zero-order valence-corrected chi connectivity index (χ0v) is 8.99. The van der Waals surface area contributed by atoms with E-state index in [2.05, 4.69) is 10.6 Å². The highest BCUT2D eigenvalue weighted by Gasteiger charge is 2.20. The Hall–Kier alpha value is -1.14. The molecule has 0 radical (unpaired) electrons. The molecular formula is C9H18N2O4. The van der Waals surface area contributed by atoms with Gasteiger partial charge in [0.1, 0.15) is 12.1 Å². The molecule has 0 saturated carbocycles. The SMILES string of the molecule is CN[C@@H](C)C(=O)O.O=C(O)[C@@H]1CCCN1. The summed E-state index contributed by atoms with van der Waals surface area (Å²) >= 11 is 0. The van der Waals surface area contributed by atoms with Gasteiger partial charge in [0, 0.05) is 0 Å². The Morgan fingerprint density at radius 3 is 2.20 bits per heavy atom. The Morgan fingerprint density at radius 1 is 1.47 bits per heavy atom. The second-order valence-electron chi connectivity index (χ2n) is 3.34. The molecule has 0 aliphatic carbocycles. The average Bonchev–Trinajstić information content (AvgIpc) is 2.70. The second kappa shape index (κ2) is 7.19. The lowest BCUT2D eigenvalue weighted by molar-refractivity contribution is -0.139. The fourth-order valence-corrected chi connectivity index (χ4v) is 1.02. The summed E-state index contributed by atoms with van der Waals surface area (Å²) in [5, 5.41) is 21.9. The lowest BCUT2D eigenvalue weighted by atomic mass is 10.2. The van der Waals surface area contributed by atoms with Gasteiger partial charge in [-0.2, -0.15) is 0 Å². The summed E-state index contributed by atoms with van der Waals surface area (Å²) in [5.74, 6) is -1.54. The first-order chi connectivity index (χ1) is 6.99. The summed E-state index contributed by atoms with van der Waals surface area (Å²) in [6, 6.07) is -0.699. The van der Waals surface area contributed by atoms with Crippen LogP contribution in [0.5, 0.6) is 0 Å². The maximum Gasteiger partial charge on any atom is 0.320 e. The fourth-order valence-electron chi connectivity index (χ4n) is 1.02. The summed E-state index contributed by atoms with van der Waals surface area (Å²) in [6.07, 6.45) is 1.78. The minimum absolute atomic E-state index is 0.269. The number of carbonyl (C=O) groups is 2. The van der Waals surface area contributed by atoms with Crippen LogP contribution in [0.2, 0.25) is 0 Å². The minimum Gasteiger partial charge on any atom is -0.480 e. The van der Waals surface area contributed by atoms with Gasteiger partial charge in [-0.15, -0.1) is 0 Å². The van der Waals surface area contributed by atoms with E-state index in [4.69, 9.17) is 10.2 Å². The van der Waals surface area contributed by atoms with E-state index in [1.54, 1.807) is 14.0 Å². The molecule has 1 aliphatic heterocycles. The standard InChI is InChI=1S/C5H9NO2.C4H9NO2/c7-5(8)4-2-1-3-6-4;1-3(5-2)4(6)7/h4,6H,1-3H2,(H,7,8);3,5H,1-2H3,(H,6,7)/t4-;3-/m00/s1. The van der Waals surface area contributed by atoms with Crippen LogP contribution in [0.15, 0.2) is 0 Å². The smallest absolute Gasteiger partial charge is 0.320 e. The largest absolute Gasteiger partial charge is 0.480 e. The molecule has 0 unspecified atom stereocenters. The van der Waals surface area contributed by atoms with Gasteiger partial charge in [-0.3, -0.25) is 9.59 Å². The summed E-state index contributed by atoms with van der Waals surface area (Å²) in [4.78, 5) is 20.0. The van der Waals surface area contributed by atoms with Gasteiger partial charge in [-0.1, -0.05) is 0 Å². The quantitative estimate of drug-likeness (QED) is 0.510. The van der Waals surface area contributed by atoms with Gasteiger partial charge in [0.2, 0.25) is 0 Å². The van der Waals surface area contributed by atoms with E-state index in [0.29, 0.717) is 0 Å². The zero-order valence-electron chi connectivity index (χ0n) is 8.99. The number of carboxylic acids is 2. The van der Waals surface area contributed by atoms with E-state index in [1.807, 2.05) is 0 Å². The van der Waals surface area contributed by atoms with Crippen molar-refractivity contribution in [3.8, 4) is 0 Å². The minimum atomic E-state index is -0.817. The Kier molecular flexibility index (Phi) is 6.64. The molecule has 1 rings (SSSR count). The van der Waals surface area contributed by atoms with Crippen LogP contribution >= 0.6 is 0 Å². The monoisotopic (exact) mass is 218 g/mol. The van der Waals surface area contributed by atoms with Crippen LogP contribution in [0, 0.1) is 0 Å². The van der Waals surface area contributed by atoms with Gasteiger partial charge < -0.3 is 20.8 Å². The van der Waals surface area contributed by atoms with Gasteiger partial charge in [-0.25, -0.2) is 0 Å². The van der Waals surface area contributed by atoms with E-state index in [-0.39, 0.29) is 6.04 Å². The third-order valence-corrected chi connectivity index (χ3v) is 2.16. The Morgan fingerprint density at radius 2 is 2.07 bits per heavy atom. The fraction of sp³-hybridized carbons (Fsp3) is 0.778. The van der Waals surface area contributed by atoms with Crippen molar-refractivity contribution < 1.29 is 19.8 Å². The number of hydrogen-bond acceptors (Lipinski definition) is 4. The van der Waals surface area contributed by atoms with Crippen molar-refractivity contribution in [2.75, 3.05) is 13.6 Å². The second-order valence-corrected chi connectivity index (χ2v) is 3.34. The van der Waals surface area contributed by atoms with Crippen molar-refractivity contribution in [1.82, 2.24) is 10.6 Å². The van der Waals surface area contributed by atoms with E-state index >= 15 is 0 Å². The van der Waals surface area contributed by atoms with Crippen LogP contribution in [-0.2, 0) is 9.59 Å². The van der Waals surface area contributed by atoms with Crippen LogP contribution < -0.4 is 10.6 Å². The highest BCUT2D eigenvalue weighted by Crippen LogP contribution is 2.03. The summed E-state index contributed by atoms with van der Waals surface area (Å²) < 4.78 is 0. The van der Waals surface area contributed by atoms with Crippen molar-refractivity contribution >= 4 is 11.9 Å². The van der Waals surface area contributed by atoms with Crippen LogP contribution in [0.4, 0.5) is 0 Å². The zero-order chi connectivity index (χ0) is 11.8. The topological polar surface area (TPSA) is 98.7 Å². The number of aliphatic carboxylic acids is 2. The Bertz CT molecular complexity index is 214. The lowest BCUT2D eigenvalue weighted by Gasteiger charge is -1.99. The number of hydrogen-bond donors (Lipinski definition) is 4. The van der Waals surface area contributed by atoms with Gasteiger partial charge in [0.25, 0.3) is 0 Å². The summed E-state index contributed by atoms with van der Waals surface area (Å²) in [6.45, 7) is 2.44. The molecule has 0 aromatic rings. The van der Waals surface area contributed by atoms with E-state index in [0.717, 1.165) is 19.4 Å². The molecule has 1 fully saturated rings. The number of carboxylic acid groups (broad SMARTS) is 2. The summed E-state index contributed by atoms with van der Waals surface area (Å²) in [5.41, 5.74) is 0. The first-order valence-electron chi connectivity index (χ1n) is 4.85. The van der Waals surface area contributed by atoms with Crippen molar-refractivity contribution in [1.29, 1.82) is 0 Å². The van der Waals surface area contributed by atoms with Gasteiger partial charge in [-0.05, 0) is 33.4 Å². The highest BCUT2D eigenvalue weighted by atomic mass is 16.4. The van der Waals surface area contributed by atoms with Crippen LogP contribution in [0.25, 0.3) is 0 Å².